The van der Waals surface area contributed by atoms with E-state index >= 15 is 0 Å². The maximum Gasteiger partial charge on any atom is 0.126 e. The van der Waals surface area contributed by atoms with Gasteiger partial charge in [-0.1, -0.05) is 12.1 Å². The van der Waals surface area contributed by atoms with Crippen LogP contribution in [0.1, 0.15) is 32.8 Å². The lowest BCUT2D eigenvalue weighted by atomic mass is 10.0. The Labute approximate surface area is 104 Å². The third-order valence-electron chi connectivity index (χ3n) is 2.69. The smallest absolute Gasteiger partial charge is 0.126 e. The first-order valence-electron chi connectivity index (χ1n) is 5.37. The molecule has 0 spiro atoms. The number of aryl methyl sites for hydroxylation is 3. The first-order valence-corrected chi connectivity index (χ1v) is 6.18. The van der Waals surface area contributed by atoms with Crippen LogP contribution in [0.4, 0.5) is 4.39 Å². The molecule has 90 valence electrons. The summed E-state index contributed by atoms with van der Waals surface area (Å²) in [6.07, 6.45) is -0.722. The van der Waals surface area contributed by atoms with Crippen LogP contribution in [0.3, 0.4) is 0 Å². The fourth-order valence-corrected chi connectivity index (χ4v) is 2.73. The molecule has 1 heterocycles. The number of aliphatic hydroxyl groups is 1. The predicted octanol–water partition coefficient (Wildman–Crippen LogP) is 3.29. The summed E-state index contributed by atoms with van der Waals surface area (Å²) in [5.41, 5.74) is 2.08. The highest BCUT2D eigenvalue weighted by atomic mass is 32.1. The third-order valence-corrected chi connectivity index (χ3v) is 3.81. The SMILES string of the molecule is Cc1nc(C)c(C(O)c2ccc(F)c(C)c2)s1. The maximum absolute atomic E-state index is 13.2. The summed E-state index contributed by atoms with van der Waals surface area (Å²) in [6.45, 7) is 5.47. The van der Waals surface area contributed by atoms with E-state index in [9.17, 15) is 9.50 Å². The monoisotopic (exact) mass is 251 g/mol. The number of rotatable bonds is 2. The van der Waals surface area contributed by atoms with Crippen molar-refractivity contribution in [3.05, 3.63) is 50.7 Å². The van der Waals surface area contributed by atoms with Crippen LogP contribution in [0.5, 0.6) is 0 Å². The fourth-order valence-electron chi connectivity index (χ4n) is 1.79. The van der Waals surface area contributed by atoms with Crippen molar-refractivity contribution in [3.8, 4) is 0 Å². The Kier molecular flexibility index (Phi) is 3.26. The summed E-state index contributed by atoms with van der Waals surface area (Å²) in [4.78, 5) is 5.11. The summed E-state index contributed by atoms with van der Waals surface area (Å²) < 4.78 is 13.2. The number of nitrogens with zero attached hydrogens (tertiary/aromatic N) is 1. The van der Waals surface area contributed by atoms with Crippen LogP contribution in [0, 0.1) is 26.6 Å². The van der Waals surface area contributed by atoms with Crippen molar-refractivity contribution >= 4 is 11.3 Å². The van der Waals surface area contributed by atoms with Crippen molar-refractivity contribution in [3.63, 3.8) is 0 Å². The van der Waals surface area contributed by atoms with Crippen LogP contribution in [-0.4, -0.2) is 10.1 Å². The first-order chi connectivity index (χ1) is 7.99. The van der Waals surface area contributed by atoms with E-state index in [0.717, 1.165) is 15.6 Å². The van der Waals surface area contributed by atoms with Gasteiger partial charge in [0.25, 0.3) is 0 Å². The molecule has 2 aromatic rings. The van der Waals surface area contributed by atoms with Crippen molar-refractivity contribution < 1.29 is 9.50 Å². The van der Waals surface area contributed by atoms with Crippen molar-refractivity contribution in [2.45, 2.75) is 26.9 Å². The minimum atomic E-state index is -0.722. The Bertz CT molecular complexity index is 550. The highest BCUT2D eigenvalue weighted by molar-refractivity contribution is 7.11. The molecule has 1 unspecified atom stereocenters. The Morgan fingerprint density at radius 2 is 2.00 bits per heavy atom. The van der Waals surface area contributed by atoms with E-state index in [4.69, 9.17) is 0 Å². The van der Waals surface area contributed by atoms with Crippen LogP contribution in [-0.2, 0) is 0 Å². The normalized spacial score (nSPS) is 12.8. The highest BCUT2D eigenvalue weighted by Crippen LogP contribution is 2.30. The number of benzene rings is 1. The van der Waals surface area contributed by atoms with Crippen LogP contribution in [0.25, 0.3) is 0 Å². The first kappa shape index (κ1) is 12.2. The van der Waals surface area contributed by atoms with Gasteiger partial charge in [0.05, 0.1) is 15.6 Å². The van der Waals surface area contributed by atoms with Gasteiger partial charge in [-0.2, -0.15) is 0 Å². The molecular formula is C13H14FNOS. The number of halogens is 1. The molecule has 0 aliphatic heterocycles. The standard InChI is InChI=1S/C13H14FNOS/c1-7-6-10(4-5-11(7)14)12(16)13-8(2)15-9(3)17-13/h4-6,12,16H,1-3H3. The number of hydrogen-bond acceptors (Lipinski definition) is 3. The van der Waals surface area contributed by atoms with Gasteiger partial charge in [0.1, 0.15) is 11.9 Å². The zero-order chi connectivity index (χ0) is 12.6. The molecule has 1 aromatic heterocycles. The second-order valence-corrected chi connectivity index (χ2v) is 5.33. The molecule has 2 rings (SSSR count). The van der Waals surface area contributed by atoms with Crippen LogP contribution in [0.2, 0.25) is 0 Å². The molecular weight excluding hydrogens is 237 g/mol. The van der Waals surface area contributed by atoms with E-state index in [-0.39, 0.29) is 5.82 Å². The van der Waals surface area contributed by atoms with Gasteiger partial charge in [0, 0.05) is 0 Å². The minimum absolute atomic E-state index is 0.252. The number of hydrogen-bond donors (Lipinski definition) is 1. The van der Waals surface area contributed by atoms with Crippen molar-refractivity contribution in [1.29, 1.82) is 0 Å². The van der Waals surface area contributed by atoms with Crippen molar-refractivity contribution in [2.24, 2.45) is 0 Å². The number of thiazole rings is 1. The molecule has 0 bridgehead atoms. The Morgan fingerprint density at radius 1 is 1.29 bits per heavy atom. The molecule has 17 heavy (non-hydrogen) atoms. The quantitative estimate of drug-likeness (QED) is 0.888. The Morgan fingerprint density at radius 3 is 2.53 bits per heavy atom. The fraction of sp³-hybridized carbons (Fsp3) is 0.308. The van der Waals surface area contributed by atoms with Gasteiger partial charge in [-0.3, -0.25) is 0 Å². The lowest BCUT2D eigenvalue weighted by Crippen LogP contribution is -2.00. The van der Waals surface area contributed by atoms with Gasteiger partial charge in [-0.05, 0) is 38.0 Å². The summed E-state index contributed by atoms with van der Waals surface area (Å²) in [5, 5.41) is 11.2. The second kappa shape index (κ2) is 4.55. The average Bonchev–Trinajstić information content (AvgIpc) is 2.61. The summed E-state index contributed by atoms with van der Waals surface area (Å²) in [5.74, 6) is -0.252. The van der Waals surface area contributed by atoms with Gasteiger partial charge in [0.2, 0.25) is 0 Å². The third kappa shape index (κ3) is 2.37. The largest absolute Gasteiger partial charge is 0.383 e. The van der Waals surface area contributed by atoms with Crippen molar-refractivity contribution in [2.75, 3.05) is 0 Å². The topological polar surface area (TPSA) is 33.1 Å². The molecule has 0 saturated carbocycles. The molecule has 1 N–H and O–H groups in total. The van der Waals surface area contributed by atoms with E-state index in [0.29, 0.717) is 11.1 Å². The summed E-state index contributed by atoms with van der Waals surface area (Å²) in [6, 6.07) is 4.67. The van der Waals surface area contributed by atoms with Crippen LogP contribution in [0.15, 0.2) is 18.2 Å². The van der Waals surface area contributed by atoms with Crippen LogP contribution < -0.4 is 0 Å². The van der Waals surface area contributed by atoms with Gasteiger partial charge in [-0.15, -0.1) is 11.3 Å². The minimum Gasteiger partial charge on any atom is -0.383 e. The van der Waals surface area contributed by atoms with Crippen molar-refractivity contribution in [1.82, 2.24) is 4.98 Å². The van der Waals surface area contributed by atoms with Gasteiger partial charge in [-0.25, -0.2) is 9.37 Å². The molecule has 1 atom stereocenters. The molecule has 0 radical (unpaired) electrons. The number of aromatic nitrogens is 1. The molecule has 0 saturated heterocycles. The van der Waals surface area contributed by atoms with E-state index in [1.807, 2.05) is 13.8 Å². The number of aliphatic hydroxyl groups excluding tert-OH is 1. The summed E-state index contributed by atoms with van der Waals surface area (Å²) in [7, 11) is 0. The van der Waals surface area contributed by atoms with Gasteiger partial charge in [0.15, 0.2) is 0 Å². The zero-order valence-electron chi connectivity index (χ0n) is 9.99. The molecule has 2 nitrogen and oxygen atoms in total. The molecule has 0 amide bonds. The molecule has 0 aliphatic rings. The highest BCUT2D eigenvalue weighted by Gasteiger charge is 2.17. The zero-order valence-corrected chi connectivity index (χ0v) is 10.8. The molecule has 1 aromatic carbocycles. The van der Waals surface area contributed by atoms with E-state index in [1.165, 1.54) is 17.4 Å². The Hall–Kier alpha value is -1.26. The second-order valence-electron chi connectivity index (χ2n) is 4.09. The van der Waals surface area contributed by atoms with E-state index in [2.05, 4.69) is 4.98 Å². The lowest BCUT2D eigenvalue weighted by molar-refractivity contribution is 0.223. The molecule has 4 heteroatoms. The molecule has 0 aliphatic carbocycles. The van der Waals surface area contributed by atoms with E-state index in [1.54, 1.807) is 19.1 Å². The molecule has 0 fully saturated rings. The van der Waals surface area contributed by atoms with E-state index < -0.39 is 6.10 Å². The average molecular weight is 251 g/mol. The van der Waals surface area contributed by atoms with Gasteiger partial charge < -0.3 is 5.11 Å². The maximum atomic E-state index is 13.2. The lowest BCUT2D eigenvalue weighted by Gasteiger charge is -2.10. The predicted molar refractivity (Wildman–Crippen MR) is 66.8 cm³/mol. The Balaban J connectivity index is 2.40. The van der Waals surface area contributed by atoms with Crippen LogP contribution >= 0.6 is 11.3 Å². The van der Waals surface area contributed by atoms with Gasteiger partial charge >= 0.3 is 0 Å². The summed E-state index contributed by atoms with van der Waals surface area (Å²) >= 11 is 1.47.